The van der Waals surface area contributed by atoms with Gasteiger partial charge in [0.25, 0.3) is 0 Å². The number of rotatable bonds is 4. The highest BCUT2D eigenvalue weighted by Gasteiger charge is 2.17. The molecule has 0 aliphatic heterocycles. The van der Waals surface area contributed by atoms with Crippen molar-refractivity contribution in [2.75, 3.05) is 5.48 Å². The van der Waals surface area contributed by atoms with Crippen molar-refractivity contribution >= 4 is 17.6 Å². The predicted octanol–water partition coefficient (Wildman–Crippen LogP) is 2.92. The second-order valence-electron chi connectivity index (χ2n) is 5.01. The first-order valence-electron chi connectivity index (χ1n) is 6.11. The van der Waals surface area contributed by atoms with Gasteiger partial charge in [-0.2, -0.15) is 0 Å². The minimum atomic E-state index is -0.523. The van der Waals surface area contributed by atoms with Gasteiger partial charge in [0, 0.05) is 6.42 Å². The van der Waals surface area contributed by atoms with E-state index in [4.69, 9.17) is 9.57 Å². The van der Waals surface area contributed by atoms with E-state index in [0.717, 1.165) is 0 Å². The Morgan fingerprint density at radius 2 is 1.74 bits per heavy atom. The van der Waals surface area contributed by atoms with Crippen LogP contribution >= 0.6 is 0 Å². The minimum absolute atomic E-state index is 0.295. The van der Waals surface area contributed by atoms with Crippen molar-refractivity contribution in [2.45, 2.75) is 39.7 Å². The first-order chi connectivity index (χ1) is 8.81. The lowest BCUT2D eigenvalue weighted by atomic mass is 10.1. The summed E-state index contributed by atoms with van der Waals surface area (Å²) in [6, 6.07) is 6.50. The summed E-state index contributed by atoms with van der Waals surface area (Å²) in [7, 11) is 0. The average molecular weight is 265 g/mol. The van der Waals surface area contributed by atoms with E-state index in [1.165, 1.54) is 0 Å². The SMILES string of the molecule is CCC(=O)ONc1ccc(C(=O)OC(C)(C)C)cc1. The normalized spacial score (nSPS) is 10.7. The van der Waals surface area contributed by atoms with Gasteiger partial charge in [0.1, 0.15) is 5.60 Å². The van der Waals surface area contributed by atoms with Crippen molar-refractivity contribution in [3.8, 4) is 0 Å². The van der Waals surface area contributed by atoms with Crippen molar-refractivity contribution in [3.63, 3.8) is 0 Å². The Morgan fingerprint density at radius 1 is 1.16 bits per heavy atom. The fraction of sp³-hybridized carbons (Fsp3) is 0.429. The molecule has 0 bridgehead atoms. The zero-order chi connectivity index (χ0) is 14.5. The molecule has 0 aliphatic rings. The number of benzene rings is 1. The third kappa shape index (κ3) is 5.42. The number of anilines is 1. The Hall–Kier alpha value is -2.04. The van der Waals surface area contributed by atoms with E-state index in [-0.39, 0.29) is 11.9 Å². The van der Waals surface area contributed by atoms with Gasteiger partial charge in [-0.15, -0.1) is 0 Å². The Bertz CT molecular complexity index is 446. The molecule has 5 nitrogen and oxygen atoms in total. The van der Waals surface area contributed by atoms with Gasteiger partial charge in [-0.05, 0) is 45.0 Å². The lowest BCUT2D eigenvalue weighted by molar-refractivity contribution is -0.140. The number of carbonyl (C=O) groups is 2. The van der Waals surface area contributed by atoms with Crippen LogP contribution in [0.3, 0.4) is 0 Å². The van der Waals surface area contributed by atoms with Gasteiger partial charge < -0.3 is 9.57 Å². The number of nitrogens with one attached hydrogen (secondary N) is 1. The van der Waals surface area contributed by atoms with Gasteiger partial charge in [-0.1, -0.05) is 6.92 Å². The number of ether oxygens (including phenoxy) is 1. The maximum Gasteiger partial charge on any atom is 0.338 e. The van der Waals surface area contributed by atoms with Crippen molar-refractivity contribution < 1.29 is 19.2 Å². The molecule has 104 valence electrons. The highest BCUT2D eigenvalue weighted by Crippen LogP contribution is 2.14. The first kappa shape index (κ1) is 15.0. The van der Waals surface area contributed by atoms with Gasteiger partial charge in [0.2, 0.25) is 0 Å². The molecule has 0 fully saturated rings. The Kier molecular flexibility index (Phi) is 4.92. The van der Waals surface area contributed by atoms with E-state index < -0.39 is 5.60 Å². The molecule has 0 heterocycles. The van der Waals surface area contributed by atoms with Gasteiger partial charge in [0.15, 0.2) is 0 Å². The maximum absolute atomic E-state index is 11.8. The average Bonchev–Trinajstić information content (AvgIpc) is 2.34. The van der Waals surface area contributed by atoms with Crippen molar-refractivity contribution in [3.05, 3.63) is 29.8 Å². The summed E-state index contributed by atoms with van der Waals surface area (Å²) in [5, 5.41) is 0. The molecular formula is C14H19NO4. The largest absolute Gasteiger partial charge is 0.456 e. The van der Waals surface area contributed by atoms with Crippen molar-refractivity contribution in [1.29, 1.82) is 0 Å². The molecule has 19 heavy (non-hydrogen) atoms. The molecule has 0 saturated carbocycles. The fourth-order valence-corrected chi connectivity index (χ4v) is 1.20. The molecule has 0 saturated heterocycles. The summed E-state index contributed by atoms with van der Waals surface area (Å²) in [6.45, 7) is 7.14. The third-order valence-corrected chi connectivity index (χ3v) is 2.09. The van der Waals surface area contributed by atoms with Crippen molar-refractivity contribution in [2.24, 2.45) is 0 Å². The molecule has 0 aliphatic carbocycles. The molecule has 1 aromatic carbocycles. The van der Waals surface area contributed by atoms with E-state index in [1.54, 1.807) is 31.2 Å². The molecule has 1 N–H and O–H groups in total. The molecule has 0 spiro atoms. The summed E-state index contributed by atoms with van der Waals surface area (Å²) >= 11 is 0. The summed E-state index contributed by atoms with van der Waals surface area (Å²) in [4.78, 5) is 27.5. The summed E-state index contributed by atoms with van der Waals surface area (Å²) < 4.78 is 5.23. The minimum Gasteiger partial charge on any atom is -0.456 e. The monoisotopic (exact) mass is 265 g/mol. The second-order valence-corrected chi connectivity index (χ2v) is 5.01. The highest BCUT2D eigenvalue weighted by atomic mass is 16.7. The van der Waals surface area contributed by atoms with E-state index >= 15 is 0 Å². The Morgan fingerprint density at radius 3 is 2.21 bits per heavy atom. The van der Waals surface area contributed by atoms with Gasteiger partial charge in [-0.3, -0.25) is 0 Å². The van der Waals surface area contributed by atoms with Crippen LogP contribution in [0.1, 0.15) is 44.5 Å². The van der Waals surface area contributed by atoms with Crippen LogP contribution in [0.2, 0.25) is 0 Å². The predicted molar refractivity (Wildman–Crippen MR) is 71.6 cm³/mol. The smallest absolute Gasteiger partial charge is 0.338 e. The molecule has 1 aromatic rings. The van der Waals surface area contributed by atoms with Crippen LogP contribution in [0.4, 0.5) is 5.69 Å². The zero-order valence-electron chi connectivity index (χ0n) is 11.6. The van der Waals surface area contributed by atoms with E-state index in [0.29, 0.717) is 17.7 Å². The second kappa shape index (κ2) is 6.22. The van der Waals surface area contributed by atoms with E-state index in [9.17, 15) is 9.59 Å². The number of hydrogen-bond donors (Lipinski definition) is 1. The summed E-state index contributed by atoms with van der Waals surface area (Å²) in [6.07, 6.45) is 0.295. The van der Waals surface area contributed by atoms with Crippen LogP contribution in [0, 0.1) is 0 Å². The number of hydrogen-bond acceptors (Lipinski definition) is 5. The first-order valence-corrected chi connectivity index (χ1v) is 6.11. The molecular weight excluding hydrogens is 246 g/mol. The van der Waals surface area contributed by atoms with E-state index in [1.807, 2.05) is 20.8 Å². The summed E-state index contributed by atoms with van der Waals surface area (Å²) in [5.74, 6) is -0.735. The highest BCUT2D eigenvalue weighted by molar-refractivity contribution is 5.90. The lowest BCUT2D eigenvalue weighted by Gasteiger charge is -2.19. The van der Waals surface area contributed by atoms with Gasteiger partial charge in [-0.25, -0.2) is 15.1 Å². The Labute approximate surface area is 112 Å². The van der Waals surface area contributed by atoms with Crippen LogP contribution in [0.25, 0.3) is 0 Å². The quantitative estimate of drug-likeness (QED) is 0.669. The lowest BCUT2D eigenvalue weighted by Crippen LogP contribution is -2.23. The van der Waals surface area contributed by atoms with Crippen LogP contribution in [0.5, 0.6) is 0 Å². The molecule has 0 unspecified atom stereocenters. The molecule has 0 aromatic heterocycles. The molecule has 1 rings (SSSR count). The maximum atomic E-state index is 11.8. The van der Waals surface area contributed by atoms with Crippen LogP contribution < -0.4 is 5.48 Å². The van der Waals surface area contributed by atoms with Gasteiger partial charge in [0.05, 0.1) is 11.3 Å². The Balaban J connectivity index is 2.61. The van der Waals surface area contributed by atoms with Crippen LogP contribution in [-0.4, -0.2) is 17.5 Å². The van der Waals surface area contributed by atoms with Gasteiger partial charge >= 0.3 is 11.9 Å². The molecule has 0 radical (unpaired) electrons. The zero-order valence-corrected chi connectivity index (χ0v) is 11.6. The van der Waals surface area contributed by atoms with Crippen LogP contribution in [-0.2, 0) is 14.4 Å². The fourth-order valence-electron chi connectivity index (χ4n) is 1.20. The molecule has 0 amide bonds. The standard InChI is InChI=1S/C14H19NO4/c1-5-12(16)19-15-11-8-6-10(7-9-11)13(17)18-14(2,3)4/h6-9,15H,5H2,1-4H3. The third-order valence-electron chi connectivity index (χ3n) is 2.09. The topological polar surface area (TPSA) is 64.6 Å². The number of esters is 1. The van der Waals surface area contributed by atoms with Crippen LogP contribution in [0.15, 0.2) is 24.3 Å². The van der Waals surface area contributed by atoms with E-state index in [2.05, 4.69) is 5.48 Å². The number of carbonyl (C=O) groups excluding carboxylic acids is 2. The summed E-state index contributed by atoms with van der Waals surface area (Å²) in [5.41, 5.74) is 3.02. The molecule has 5 heteroatoms. The van der Waals surface area contributed by atoms with Crippen molar-refractivity contribution in [1.82, 2.24) is 0 Å². The molecule has 0 atom stereocenters.